The molecule has 1 atom stereocenters. The van der Waals surface area contributed by atoms with E-state index in [9.17, 15) is 4.79 Å². The molecular formula is C14H19NO4. The summed E-state index contributed by atoms with van der Waals surface area (Å²) in [6.07, 6.45) is 3.13. The third kappa shape index (κ3) is 3.38. The lowest BCUT2D eigenvalue weighted by Crippen LogP contribution is -2.26. The summed E-state index contributed by atoms with van der Waals surface area (Å²) in [5, 5.41) is 0. The first-order chi connectivity index (χ1) is 9.22. The molecule has 5 nitrogen and oxygen atoms in total. The molecule has 1 heterocycles. The fraction of sp³-hybridized carbons (Fsp3) is 0.500. The van der Waals surface area contributed by atoms with Crippen LogP contribution in [-0.4, -0.2) is 32.4 Å². The lowest BCUT2D eigenvalue weighted by Gasteiger charge is -2.22. The second-order valence-corrected chi connectivity index (χ2v) is 4.51. The SMILES string of the molecule is COc1cccc(C(=O)OCC2CCCCO2)c1N. The average molecular weight is 265 g/mol. The van der Waals surface area contributed by atoms with Gasteiger partial charge in [0.15, 0.2) is 0 Å². The van der Waals surface area contributed by atoms with Gasteiger partial charge in [0, 0.05) is 6.61 Å². The number of anilines is 1. The number of carbonyl (C=O) groups is 1. The number of nitrogens with two attached hydrogens (primary N) is 1. The Hall–Kier alpha value is -1.75. The summed E-state index contributed by atoms with van der Waals surface area (Å²) in [6, 6.07) is 5.04. The van der Waals surface area contributed by atoms with E-state index in [1.165, 1.54) is 7.11 Å². The molecule has 0 spiro atoms. The highest BCUT2D eigenvalue weighted by Crippen LogP contribution is 2.25. The third-order valence-electron chi connectivity index (χ3n) is 3.18. The van der Waals surface area contributed by atoms with E-state index in [2.05, 4.69) is 0 Å². The zero-order valence-corrected chi connectivity index (χ0v) is 11.1. The highest BCUT2D eigenvalue weighted by atomic mass is 16.6. The van der Waals surface area contributed by atoms with Crippen molar-refractivity contribution in [3.8, 4) is 5.75 Å². The molecule has 1 aromatic rings. The largest absolute Gasteiger partial charge is 0.495 e. The first-order valence-electron chi connectivity index (χ1n) is 6.43. The van der Waals surface area contributed by atoms with E-state index in [0.29, 0.717) is 17.0 Å². The number of esters is 1. The van der Waals surface area contributed by atoms with Crippen molar-refractivity contribution < 1.29 is 19.0 Å². The Bertz CT molecular complexity index is 441. The molecule has 0 aliphatic carbocycles. The fourth-order valence-electron chi connectivity index (χ4n) is 2.09. The highest BCUT2D eigenvalue weighted by Gasteiger charge is 2.19. The van der Waals surface area contributed by atoms with Crippen LogP contribution in [0.5, 0.6) is 5.75 Å². The first kappa shape index (κ1) is 13.7. The summed E-state index contributed by atoms with van der Waals surface area (Å²) in [5.41, 5.74) is 6.48. The summed E-state index contributed by atoms with van der Waals surface area (Å²) in [6.45, 7) is 1.01. The van der Waals surface area contributed by atoms with Crippen LogP contribution in [0, 0.1) is 0 Å². The van der Waals surface area contributed by atoms with Crippen LogP contribution in [0.2, 0.25) is 0 Å². The quantitative estimate of drug-likeness (QED) is 0.666. The number of para-hydroxylation sites is 1. The van der Waals surface area contributed by atoms with E-state index in [-0.39, 0.29) is 12.7 Å². The van der Waals surface area contributed by atoms with Crippen LogP contribution >= 0.6 is 0 Å². The highest BCUT2D eigenvalue weighted by molar-refractivity contribution is 5.96. The van der Waals surface area contributed by atoms with Crippen LogP contribution in [0.3, 0.4) is 0 Å². The van der Waals surface area contributed by atoms with Crippen LogP contribution < -0.4 is 10.5 Å². The third-order valence-corrected chi connectivity index (χ3v) is 3.18. The predicted octanol–water partition coefficient (Wildman–Crippen LogP) is 2.00. The lowest BCUT2D eigenvalue weighted by atomic mass is 10.1. The molecule has 2 N–H and O–H groups in total. The number of benzene rings is 1. The van der Waals surface area contributed by atoms with Gasteiger partial charge in [0.1, 0.15) is 12.4 Å². The normalized spacial score (nSPS) is 18.9. The number of nitrogen functional groups attached to an aromatic ring is 1. The molecule has 1 unspecified atom stereocenters. The zero-order chi connectivity index (χ0) is 13.7. The molecule has 0 aromatic heterocycles. The predicted molar refractivity (Wildman–Crippen MR) is 71.3 cm³/mol. The van der Waals surface area contributed by atoms with E-state index >= 15 is 0 Å². The Labute approximate surface area is 112 Å². The minimum atomic E-state index is -0.439. The maximum absolute atomic E-state index is 12.0. The van der Waals surface area contributed by atoms with Crippen molar-refractivity contribution in [2.75, 3.05) is 26.1 Å². The van der Waals surface area contributed by atoms with Gasteiger partial charge in [0.2, 0.25) is 0 Å². The van der Waals surface area contributed by atoms with Crippen LogP contribution in [-0.2, 0) is 9.47 Å². The maximum atomic E-state index is 12.0. The second-order valence-electron chi connectivity index (χ2n) is 4.51. The van der Waals surface area contributed by atoms with Crippen LogP contribution in [0.25, 0.3) is 0 Å². The van der Waals surface area contributed by atoms with Crippen molar-refractivity contribution in [3.63, 3.8) is 0 Å². The average Bonchev–Trinajstić information content (AvgIpc) is 2.46. The summed E-state index contributed by atoms with van der Waals surface area (Å²) in [5.74, 6) is 0.0361. The Morgan fingerprint density at radius 1 is 1.47 bits per heavy atom. The van der Waals surface area contributed by atoms with E-state index in [1.54, 1.807) is 18.2 Å². The van der Waals surface area contributed by atoms with Crippen molar-refractivity contribution in [1.29, 1.82) is 0 Å². The summed E-state index contributed by atoms with van der Waals surface area (Å²) >= 11 is 0. The Balaban J connectivity index is 1.95. The van der Waals surface area contributed by atoms with Gasteiger partial charge in [-0.2, -0.15) is 0 Å². The minimum absolute atomic E-state index is 0.00420. The number of ether oxygens (including phenoxy) is 3. The summed E-state index contributed by atoms with van der Waals surface area (Å²) in [7, 11) is 1.51. The molecular weight excluding hydrogens is 246 g/mol. The van der Waals surface area contributed by atoms with Crippen molar-refractivity contribution in [2.24, 2.45) is 0 Å². The standard InChI is InChI=1S/C14H19NO4/c1-17-12-7-4-6-11(13(12)15)14(16)19-9-10-5-2-3-8-18-10/h4,6-7,10H,2-3,5,8-9,15H2,1H3. The van der Waals surface area contributed by atoms with Gasteiger partial charge in [-0.3, -0.25) is 0 Å². The fourth-order valence-corrected chi connectivity index (χ4v) is 2.09. The van der Waals surface area contributed by atoms with E-state index in [0.717, 1.165) is 25.9 Å². The van der Waals surface area contributed by atoms with Crippen LogP contribution in [0.1, 0.15) is 29.6 Å². The number of rotatable bonds is 4. The molecule has 5 heteroatoms. The molecule has 19 heavy (non-hydrogen) atoms. The monoisotopic (exact) mass is 265 g/mol. The van der Waals surface area contributed by atoms with Gasteiger partial charge in [-0.1, -0.05) is 6.07 Å². The van der Waals surface area contributed by atoms with Gasteiger partial charge in [-0.25, -0.2) is 4.79 Å². The number of carbonyl (C=O) groups excluding carboxylic acids is 1. The molecule has 1 aromatic carbocycles. The molecule has 0 amide bonds. The molecule has 1 saturated heterocycles. The van der Waals surface area contributed by atoms with Crippen LogP contribution in [0.15, 0.2) is 18.2 Å². The van der Waals surface area contributed by atoms with Gasteiger partial charge in [-0.15, -0.1) is 0 Å². The molecule has 2 rings (SSSR count). The Morgan fingerprint density at radius 2 is 2.32 bits per heavy atom. The molecule has 0 saturated carbocycles. The van der Waals surface area contributed by atoms with E-state index < -0.39 is 5.97 Å². The van der Waals surface area contributed by atoms with Crippen molar-refractivity contribution >= 4 is 11.7 Å². The molecule has 1 fully saturated rings. The maximum Gasteiger partial charge on any atom is 0.340 e. The zero-order valence-electron chi connectivity index (χ0n) is 11.1. The number of methoxy groups -OCH3 is 1. The van der Waals surface area contributed by atoms with Gasteiger partial charge < -0.3 is 19.9 Å². The number of hydrogen-bond donors (Lipinski definition) is 1. The molecule has 1 aliphatic heterocycles. The van der Waals surface area contributed by atoms with E-state index in [1.807, 2.05) is 0 Å². The summed E-state index contributed by atoms with van der Waals surface area (Å²) < 4.78 is 15.8. The Morgan fingerprint density at radius 3 is 3.00 bits per heavy atom. The number of hydrogen-bond acceptors (Lipinski definition) is 5. The topological polar surface area (TPSA) is 70.8 Å². The van der Waals surface area contributed by atoms with Crippen LogP contribution in [0.4, 0.5) is 5.69 Å². The second kappa shape index (κ2) is 6.43. The molecule has 104 valence electrons. The van der Waals surface area contributed by atoms with Crippen molar-refractivity contribution in [2.45, 2.75) is 25.4 Å². The van der Waals surface area contributed by atoms with Crippen molar-refractivity contribution in [1.82, 2.24) is 0 Å². The minimum Gasteiger partial charge on any atom is -0.495 e. The first-order valence-corrected chi connectivity index (χ1v) is 6.43. The Kier molecular flexibility index (Phi) is 4.63. The van der Waals surface area contributed by atoms with Gasteiger partial charge >= 0.3 is 5.97 Å². The smallest absolute Gasteiger partial charge is 0.340 e. The summed E-state index contributed by atoms with van der Waals surface area (Å²) in [4.78, 5) is 12.0. The van der Waals surface area contributed by atoms with E-state index in [4.69, 9.17) is 19.9 Å². The lowest BCUT2D eigenvalue weighted by molar-refractivity contribution is -0.0300. The van der Waals surface area contributed by atoms with Gasteiger partial charge in [0.25, 0.3) is 0 Å². The molecule has 0 radical (unpaired) electrons. The van der Waals surface area contributed by atoms with Gasteiger partial charge in [-0.05, 0) is 31.4 Å². The van der Waals surface area contributed by atoms with Crippen molar-refractivity contribution in [3.05, 3.63) is 23.8 Å². The molecule has 0 bridgehead atoms. The molecule has 1 aliphatic rings. The van der Waals surface area contributed by atoms with Gasteiger partial charge in [0.05, 0.1) is 24.5 Å².